The molecule has 0 aromatic rings. The van der Waals surface area contributed by atoms with Gasteiger partial charge in [0.15, 0.2) is 0 Å². The molecule has 0 aliphatic heterocycles. The van der Waals surface area contributed by atoms with E-state index in [-0.39, 0.29) is 0 Å². The summed E-state index contributed by atoms with van der Waals surface area (Å²) < 4.78 is 0. The third-order valence-corrected chi connectivity index (χ3v) is 2.28. The van der Waals surface area contributed by atoms with Crippen LogP contribution >= 0.6 is 11.6 Å². The van der Waals surface area contributed by atoms with Crippen molar-refractivity contribution in [1.82, 2.24) is 0 Å². The van der Waals surface area contributed by atoms with E-state index in [1.807, 2.05) is 10.2 Å². The van der Waals surface area contributed by atoms with Crippen molar-refractivity contribution < 1.29 is 0 Å². The van der Waals surface area contributed by atoms with E-state index < -0.39 is 0 Å². The van der Waals surface area contributed by atoms with Crippen LogP contribution in [0.1, 0.15) is 26.7 Å². The highest BCUT2D eigenvalue weighted by atomic mass is 35.5. The monoisotopic (exact) mass is 161 g/mol. The number of allylic oxidation sites excluding steroid dienone is 2. The fraction of sp³-hybridized carbons (Fsp3) is 0.714. The molecule has 0 nitrogen and oxygen atoms in total. The smallest absolute Gasteiger partial charge is 0.0417 e. The standard InChI is InChI=1S/C7H14ClSi/c1-6(7(2)9)4-3-5-8/h3-5,9H2,1-2H3/b7-6-. The fourth-order valence-electron chi connectivity index (χ4n) is 0.545. The van der Waals surface area contributed by atoms with E-state index in [0.717, 1.165) is 12.3 Å². The van der Waals surface area contributed by atoms with E-state index >= 15 is 0 Å². The molecule has 0 aromatic heterocycles. The minimum Gasteiger partial charge on any atom is -0.127 e. The lowest BCUT2D eigenvalue weighted by Crippen LogP contribution is -1.84. The van der Waals surface area contributed by atoms with E-state index in [2.05, 4.69) is 13.8 Å². The molecule has 0 N–H and O–H groups in total. The maximum atomic E-state index is 5.53. The van der Waals surface area contributed by atoms with Gasteiger partial charge in [0.2, 0.25) is 0 Å². The van der Waals surface area contributed by atoms with Gasteiger partial charge in [-0.2, -0.15) is 0 Å². The molecule has 0 fully saturated rings. The summed E-state index contributed by atoms with van der Waals surface area (Å²) in [6.07, 6.45) is 2.28. The number of halogens is 1. The highest BCUT2D eigenvalue weighted by Crippen LogP contribution is 2.07. The van der Waals surface area contributed by atoms with Gasteiger partial charge < -0.3 is 0 Å². The number of hydrogen-bond donors (Lipinski definition) is 0. The van der Waals surface area contributed by atoms with Crippen LogP contribution in [0.3, 0.4) is 0 Å². The minimum absolute atomic E-state index is 0.785. The largest absolute Gasteiger partial charge is 0.127 e. The Hall–Kier alpha value is 0.247. The van der Waals surface area contributed by atoms with E-state index in [9.17, 15) is 0 Å². The van der Waals surface area contributed by atoms with Gasteiger partial charge in [0.25, 0.3) is 0 Å². The maximum Gasteiger partial charge on any atom is 0.0417 e. The van der Waals surface area contributed by atoms with Gasteiger partial charge in [0.05, 0.1) is 0 Å². The molecular weight excluding hydrogens is 148 g/mol. The van der Waals surface area contributed by atoms with Crippen LogP contribution in [0.15, 0.2) is 10.8 Å². The average Bonchev–Trinajstić information content (AvgIpc) is 1.82. The number of hydrogen-bond acceptors (Lipinski definition) is 0. The zero-order valence-corrected chi connectivity index (χ0v) is 8.38. The molecule has 0 saturated carbocycles. The van der Waals surface area contributed by atoms with Crippen molar-refractivity contribution in [2.45, 2.75) is 26.7 Å². The van der Waals surface area contributed by atoms with Crippen LogP contribution < -0.4 is 0 Å². The van der Waals surface area contributed by atoms with Crippen molar-refractivity contribution in [2.24, 2.45) is 0 Å². The van der Waals surface area contributed by atoms with E-state index in [4.69, 9.17) is 11.6 Å². The molecular formula is C7H14ClSi. The van der Waals surface area contributed by atoms with Gasteiger partial charge in [-0.15, -0.1) is 11.6 Å². The highest BCUT2D eigenvalue weighted by molar-refractivity contribution is 6.21. The summed E-state index contributed by atoms with van der Waals surface area (Å²) in [5.41, 5.74) is 1.49. The summed E-state index contributed by atoms with van der Waals surface area (Å²) in [7, 11) is 1.96. The quantitative estimate of drug-likeness (QED) is 0.439. The molecule has 0 bridgehead atoms. The zero-order chi connectivity index (χ0) is 7.28. The molecule has 0 spiro atoms. The predicted octanol–water partition coefficient (Wildman–Crippen LogP) is 1.93. The molecule has 0 aliphatic carbocycles. The first kappa shape index (κ1) is 9.25. The topological polar surface area (TPSA) is 0 Å². The third kappa shape index (κ3) is 4.73. The molecule has 0 rings (SSSR count). The molecule has 2 heteroatoms. The summed E-state index contributed by atoms with van der Waals surface area (Å²) in [5.74, 6) is 0.785. The van der Waals surface area contributed by atoms with Crippen LogP contribution in [0.5, 0.6) is 0 Å². The summed E-state index contributed by atoms with van der Waals surface area (Å²) >= 11 is 5.53. The molecule has 9 heavy (non-hydrogen) atoms. The van der Waals surface area contributed by atoms with Crippen molar-refractivity contribution in [3.63, 3.8) is 0 Å². The Morgan fingerprint density at radius 3 is 2.33 bits per heavy atom. The van der Waals surface area contributed by atoms with E-state index in [0.29, 0.717) is 0 Å². The van der Waals surface area contributed by atoms with Gasteiger partial charge in [0, 0.05) is 16.1 Å². The fourth-order valence-corrected chi connectivity index (χ4v) is 0.856. The van der Waals surface area contributed by atoms with Crippen molar-refractivity contribution in [3.05, 3.63) is 10.8 Å². The lowest BCUT2D eigenvalue weighted by Gasteiger charge is -1.99. The average molecular weight is 162 g/mol. The molecule has 53 valence electrons. The van der Waals surface area contributed by atoms with Crippen molar-refractivity contribution in [2.75, 3.05) is 5.88 Å². The van der Waals surface area contributed by atoms with Gasteiger partial charge in [-0.25, -0.2) is 0 Å². The molecule has 0 aromatic carbocycles. The zero-order valence-electron chi connectivity index (χ0n) is 6.21. The Balaban J connectivity index is 3.50. The second kappa shape index (κ2) is 5.07. The van der Waals surface area contributed by atoms with Crippen LogP contribution in [0.2, 0.25) is 0 Å². The Kier molecular flexibility index (Phi) is 5.20. The minimum atomic E-state index is 0.785. The molecule has 0 amide bonds. The van der Waals surface area contributed by atoms with Crippen molar-refractivity contribution >= 4 is 21.8 Å². The van der Waals surface area contributed by atoms with Crippen LogP contribution in [-0.4, -0.2) is 16.1 Å². The Morgan fingerprint density at radius 2 is 2.00 bits per heavy atom. The summed E-state index contributed by atoms with van der Waals surface area (Å²) in [6, 6.07) is 0. The summed E-state index contributed by atoms with van der Waals surface area (Å²) in [6.45, 7) is 4.33. The van der Waals surface area contributed by atoms with Gasteiger partial charge in [-0.05, 0) is 26.7 Å². The van der Waals surface area contributed by atoms with Crippen molar-refractivity contribution in [1.29, 1.82) is 0 Å². The number of alkyl halides is 1. The molecule has 0 unspecified atom stereocenters. The number of rotatable bonds is 3. The molecule has 0 saturated heterocycles. The van der Waals surface area contributed by atoms with E-state index in [1.165, 1.54) is 17.2 Å². The third-order valence-electron chi connectivity index (χ3n) is 1.41. The first-order valence-electron chi connectivity index (χ1n) is 3.22. The molecule has 0 heterocycles. The highest BCUT2D eigenvalue weighted by Gasteiger charge is 1.90. The SMILES string of the molecule is C/C([SiH2])=C(\C)CCCCl. The van der Waals surface area contributed by atoms with Gasteiger partial charge in [-0.1, -0.05) is 10.8 Å². The predicted molar refractivity (Wildman–Crippen MR) is 46.9 cm³/mol. The maximum absolute atomic E-state index is 5.53. The molecule has 1 radical (unpaired) electrons. The summed E-state index contributed by atoms with van der Waals surface area (Å²) in [5, 5.41) is 1.46. The first-order valence-corrected chi connectivity index (χ1v) is 4.47. The Labute approximate surface area is 65.7 Å². The lowest BCUT2D eigenvalue weighted by atomic mass is 10.2. The van der Waals surface area contributed by atoms with Crippen LogP contribution in [0, 0.1) is 0 Å². The van der Waals surface area contributed by atoms with Crippen LogP contribution in [0.25, 0.3) is 0 Å². The summed E-state index contributed by atoms with van der Waals surface area (Å²) in [4.78, 5) is 0. The second-order valence-electron chi connectivity index (χ2n) is 2.35. The van der Waals surface area contributed by atoms with Crippen molar-refractivity contribution in [3.8, 4) is 0 Å². The Morgan fingerprint density at radius 1 is 1.44 bits per heavy atom. The lowest BCUT2D eigenvalue weighted by molar-refractivity contribution is 0.906. The van der Waals surface area contributed by atoms with Crippen LogP contribution in [-0.2, 0) is 0 Å². The molecule has 0 atom stereocenters. The Bertz CT molecular complexity index is 103. The molecule has 0 aliphatic rings. The van der Waals surface area contributed by atoms with Crippen LogP contribution in [0.4, 0.5) is 0 Å². The van der Waals surface area contributed by atoms with E-state index in [1.54, 1.807) is 0 Å². The van der Waals surface area contributed by atoms with Gasteiger partial charge in [-0.3, -0.25) is 0 Å². The first-order chi connectivity index (χ1) is 4.18. The van der Waals surface area contributed by atoms with Gasteiger partial charge >= 0.3 is 0 Å². The van der Waals surface area contributed by atoms with Gasteiger partial charge in [0.1, 0.15) is 0 Å². The normalized spacial score (nSPS) is 13.3. The second-order valence-corrected chi connectivity index (χ2v) is 3.79.